The molecule has 102 valence electrons. The van der Waals surface area contributed by atoms with Crippen molar-refractivity contribution < 1.29 is 14.3 Å². The van der Waals surface area contributed by atoms with E-state index in [2.05, 4.69) is 15.3 Å². The molecule has 2 rings (SSSR count). The van der Waals surface area contributed by atoms with E-state index in [1.165, 1.54) is 0 Å². The van der Waals surface area contributed by atoms with Crippen LogP contribution in [0.3, 0.4) is 0 Å². The maximum Gasteiger partial charge on any atom is 0.287 e. The van der Waals surface area contributed by atoms with Crippen LogP contribution in [0.1, 0.15) is 47.2 Å². The molecule has 19 heavy (non-hydrogen) atoms. The second kappa shape index (κ2) is 5.71. The van der Waals surface area contributed by atoms with Crippen LogP contribution in [0.2, 0.25) is 0 Å². The van der Waals surface area contributed by atoms with Gasteiger partial charge in [-0.2, -0.15) is 0 Å². The highest BCUT2D eigenvalue weighted by molar-refractivity contribution is 5.91. The number of aromatic amines is 1. The summed E-state index contributed by atoms with van der Waals surface area (Å²) in [6.07, 6.45) is 2.44. The average molecular weight is 263 g/mol. The van der Waals surface area contributed by atoms with E-state index in [-0.39, 0.29) is 24.3 Å². The van der Waals surface area contributed by atoms with Gasteiger partial charge in [-0.1, -0.05) is 6.92 Å². The molecule has 3 N–H and O–H groups in total. The number of hydrogen-bond donors (Lipinski definition) is 3. The second-order valence-electron chi connectivity index (χ2n) is 4.31. The topological polar surface area (TPSA) is 91.2 Å². The molecule has 1 amide bonds. The molecule has 0 aliphatic carbocycles. The molecule has 0 aromatic carbocycles. The van der Waals surface area contributed by atoms with Crippen molar-refractivity contribution in [3.8, 4) is 0 Å². The second-order valence-corrected chi connectivity index (χ2v) is 4.31. The van der Waals surface area contributed by atoms with Gasteiger partial charge in [-0.05, 0) is 25.5 Å². The van der Waals surface area contributed by atoms with Gasteiger partial charge in [-0.3, -0.25) is 4.79 Å². The Labute approximate surface area is 110 Å². The Balaban J connectivity index is 2.08. The van der Waals surface area contributed by atoms with Gasteiger partial charge < -0.3 is 19.8 Å². The third-order valence-corrected chi connectivity index (χ3v) is 2.81. The summed E-state index contributed by atoms with van der Waals surface area (Å²) in [6, 6.07) is 2.93. The predicted octanol–water partition coefficient (Wildman–Crippen LogP) is 1.68. The Morgan fingerprint density at radius 1 is 1.58 bits per heavy atom. The maximum absolute atomic E-state index is 12.0. The van der Waals surface area contributed by atoms with Crippen molar-refractivity contribution >= 4 is 5.91 Å². The molecule has 0 radical (unpaired) electrons. The Kier molecular flexibility index (Phi) is 4.01. The summed E-state index contributed by atoms with van der Waals surface area (Å²) in [7, 11) is 0. The quantitative estimate of drug-likeness (QED) is 0.765. The van der Waals surface area contributed by atoms with Gasteiger partial charge in [0.25, 0.3) is 5.91 Å². The number of aliphatic hydroxyl groups is 1. The van der Waals surface area contributed by atoms with Gasteiger partial charge in [0.1, 0.15) is 18.2 Å². The van der Waals surface area contributed by atoms with Crippen molar-refractivity contribution in [2.24, 2.45) is 0 Å². The largest absolute Gasteiger partial charge is 0.453 e. The van der Waals surface area contributed by atoms with E-state index in [1.54, 1.807) is 18.3 Å². The predicted molar refractivity (Wildman–Crippen MR) is 68.5 cm³/mol. The van der Waals surface area contributed by atoms with Crippen LogP contribution in [0.5, 0.6) is 0 Å². The molecule has 6 heteroatoms. The van der Waals surface area contributed by atoms with Gasteiger partial charge >= 0.3 is 0 Å². The van der Waals surface area contributed by atoms with E-state index < -0.39 is 0 Å². The van der Waals surface area contributed by atoms with Crippen molar-refractivity contribution in [1.82, 2.24) is 15.3 Å². The summed E-state index contributed by atoms with van der Waals surface area (Å²) in [5.41, 5.74) is 0.947. The molecular weight excluding hydrogens is 246 g/mol. The zero-order chi connectivity index (χ0) is 13.8. The van der Waals surface area contributed by atoms with Crippen molar-refractivity contribution in [3.05, 3.63) is 41.4 Å². The van der Waals surface area contributed by atoms with Crippen LogP contribution in [0.4, 0.5) is 0 Å². The smallest absolute Gasteiger partial charge is 0.287 e. The molecule has 0 spiro atoms. The number of aliphatic hydroxyl groups excluding tert-OH is 1. The lowest BCUT2D eigenvalue weighted by Gasteiger charge is -2.13. The highest BCUT2D eigenvalue weighted by Gasteiger charge is 2.18. The molecule has 1 atom stereocenters. The Morgan fingerprint density at radius 2 is 2.37 bits per heavy atom. The van der Waals surface area contributed by atoms with E-state index in [9.17, 15) is 4.79 Å². The number of carbonyl (C=O) groups excluding carboxylic acids is 1. The van der Waals surface area contributed by atoms with E-state index >= 15 is 0 Å². The fraction of sp³-hybridized carbons (Fsp3) is 0.385. The van der Waals surface area contributed by atoms with Gasteiger partial charge in [-0.15, -0.1) is 0 Å². The number of nitrogens with zero attached hydrogens (tertiary/aromatic N) is 1. The monoisotopic (exact) mass is 263 g/mol. The van der Waals surface area contributed by atoms with Crippen LogP contribution >= 0.6 is 0 Å². The van der Waals surface area contributed by atoms with Gasteiger partial charge in [0, 0.05) is 11.9 Å². The fourth-order valence-corrected chi connectivity index (χ4v) is 1.79. The third-order valence-electron chi connectivity index (χ3n) is 2.81. The Bertz CT molecular complexity index is 559. The lowest BCUT2D eigenvalue weighted by Crippen LogP contribution is -2.28. The van der Waals surface area contributed by atoms with Crippen molar-refractivity contribution in [2.75, 3.05) is 0 Å². The molecule has 0 saturated carbocycles. The number of imidazole rings is 1. The van der Waals surface area contributed by atoms with Crippen LogP contribution in [0, 0.1) is 6.92 Å². The van der Waals surface area contributed by atoms with Crippen LogP contribution in [0.25, 0.3) is 0 Å². The molecule has 2 heterocycles. The first-order valence-electron chi connectivity index (χ1n) is 6.16. The molecule has 0 fully saturated rings. The minimum Gasteiger partial charge on any atom is -0.453 e. The van der Waals surface area contributed by atoms with Gasteiger partial charge in [-0.25, -0.2) is 4.98 Å². The number of carbonyl (C=O) groups is 1. The summed E-state index contributed by atoms with van der Waals surface area (Å²) in [6.45, 7) is 3.65. The van der Waals surface area contributed by atoms with Crippen LogP contribution in [-0.4, -0.2) is 21.0 Å². The first-order valence-corrected chi connectivity index (χ1v) is 6.16. The summed E-state index contributed by atoms with van der Waals surface area (Å²) >= 11 is 0. The number of hydrogen-bond acceptors (Lipinski definition) is 4. The lowest BCUT2D eigenvalue weighted by atomic mass is 10.2. The van der Waals surface area contributed by atoms with Crippen molar-refractivity contribution in [3.63, 3.8) is 0 Å². The molecule has 0 aliphatic heterocycles. The Hall–Kier alpha value is -2.08. The number of amides is 1. The molecule has 0 saturated heterocycles. The zero-order valence-corrected chi connectivity index (χ0v) is 10.9. The first kappa shape index (κ1) is 13.4. The molecule has 2 aromatic rings. The maximum atomic E-state index is 12.0. The highest BCUT2D eigenvalue weighted by Crippen LogP contribution is 2.15. The van der Waals surface area contributed by atoms with E-state index in [0.29, 0.717) is 12.2 Å². The summed E-state index contributed by atoms with van der Waals surface area (Å²) < 4.78 is 5.19. The number of aryl methyl sites for hydroxylation is 1. The van der Waals surface area contributed by atoms with Crippen molar-refractivity contribution in [2.45, 2.75) is 32.9 Å². The highest BCUT2D eigenvalue weighted by atomic mass is 16.4. The van der Waals surface area contributed by atoms with Gasteiger partial charge in [0.05, 0.1) is 6.04 Å². The number of furan rings is 1. The van der Waals surface area contributed by atoms with E-state index in [0.717, 1.165) is 11.5 Å². The van der Waals surface area contributed by atoms with Crippen LogP contribution in [-0.2, 0) is 6.61 Å². The first-order chi connectivity index (χ1) is 9.13. The number of H-pyrrole nitrogens is 1. The standard InChI is InChI=1S/C13H17N3O3/c1-3-10(12-14-6-8(2)15-12)16-13(18)11-5-4-9(7-17)19-11/h4-6,10,17H,3,7H2,1-2H3,(H,14,15)(H,16,18)/t10-/m1/s1. The number of aromatic nitrogens is 2. The third kappa shape index (κ3) is 3.03. The molecule has 0 aliphatic rings. The van der Waals surface area contributed by atoms with E-state index in [1.807, 2.05) is 13.8 Å². The summed E-state index contributed by atoms with van der Waals surface area (Å²) in [5, 5.41) is 11.7. The average Bonchev–Trinajstić information content (AvgIpc) is 3.04. The van der Waals surface area contributed by atoms with E-state index in [4.69, 9.17) is 9.52 Å². The summed E-state index contributed by atoms with van der Waals surface area (Å²) in [4.78, 5) is 19.3. The minimum absolute atomic E-state index is 0.186. The minimum atomic E-state index is -0.319. The number of rotatable bonds is 5. The Morgan fingerprint density at radius 3 is 2.89 bits per heavy atom. The molecule has 0 unspecified atom stereocenters. The fourth-order valence-electron chi connectivity index (χ4n) is 1.79. The number of nitrogens with one attached hydrogen (secondary N) is 2. The zero-order valence-electron chi connectivity index (χ0n) is 10.9. The van der Waals surface area contributed by atoms with Crippen LogP contribution in [0.15, 0.2) is 22.7 Å². The van der Waals surface area contributed by atoms with Gasteiger partial charge in [0.15, 0.2) is 5.76 Å². The molecule has 2 aromatic heterocycles. The SMILES string of the molecule is CC[C@@H](NC(=O)c1ccc(CO)o1)c1ncc(C)[nH]1. The van der Waals surface area contributed by atoms with Crippen LogP contribution < -0.4 is 5.32 Å². The summed E-state index contributed by atoms with van der Waals surface area (Å²) in [5.74, 6) is 0.959. The lowest BCUT2D eigenvalue weighted by molar-refractivity contribution is 0.0901. The normalized spacial score (nSPS) is 12.4. The van der Waals surface area contributed by atoms with Gasteiger partial charge in [0.2, 0.25) is 0 Å². The molecular formula is C13H17N3O3. The van der Waals surface area contributed by atoms with Crippen molar-refractivity contribution in [1.29, 1.82) is 0 Å². The molecule has 0 bridgehead atoms. The molecule has 6 nitrogen and oxygen atoms in total.